The van der Waals surface area contributed by atoms with E-state index in [1.54, 1.807) is 19.1 Å². The Balaban J connectivity index is 3.08. The largest absolute Gasteiger partial charge is 0.490 e. The summed E-state index contributed by atoms with van der Waals surface area (Å²) in [7, 11) is 1.52. The molecule has 0 bridgehead atoms. The number of nitriles is 1. The van der Waals surface area contributed by atoms with Crippen molar-refractivity contribution in [1.29, 1.82) is 5.26 Å². The lowest BCUT2D eigenvalue weighted by Crippen LogP contribution is -2.27. The zero-order valence-electron chi connectivity index (χ0n) is 16.0. The van der Waals surface area contributed by atoms with E-state index in [2.05, 4.69) is 5.32 Å². The Morgan fingerprint density at radius 2 is 2.00 bits per heavy atom. The Morgan fingerprint density at radius 1 is 1.25 bits per heavy atom. The number of methoxy groups -OCH3 is 1. The quantitative estimate of drug-likeness (QED) is 0.163. The topological polar surface area (TPSA) is 107 Å². The molecule has 1 aromatic rings. The van der Waals surface area contributed by atoms with Gasteiger partial charge in [0.25, 0.3) is 5.91 Å². The van der Waals surface area contributed by atoms with E-state index in [1.807, 2.05) is 35.6 Å². The Hall–Kier alpha value is -2.32. The smallest absolute Gasteiger partial charge is 0.344 e. The van der Waals surface area contributed by atoms with Gasteiger partial charge >= 0.3 is 5.97 Å². The fourth-order valence-corrected chi connectivity index (χ4v) is 2.87. The van der Waals surface area contributed by atoms with E-state index in [0.29, 0.717) is 40.4 Å². The molecule has 0 radical (unpaired) electrons. The predicted octanol–water partition coefficient (Wildman–Crippen LogP) is 2.30. The highest BCUT2D eigenvalue weighted by atomic mass is 127. The second kappa shape index (κ2) is 13.0. The molecule has 1 N–H and O–H groups in total. The molecule has 0 aromatic heterocycles. The number of nitrogens with one attached hydrogen (secondary N) is 1. The first kappa shape index (κ1) is 23.7. The minimum absolute atomic E-state index is 0.0467. The van der Waals surface area contributed by atoms with E-state index in [-0.39, 0.29) is 18.8 Å². The van der Waals surface area contributed by atoms with Crippen LogP contribution in [0.4, 0.5) is 0 Å². The third-order valence-corrected chi connectivity index (χ3v) is 4.04. The lowest BCUT2D eigenvalue weighted by atomic mass is 10.1. The van der Waals surface area contributed by atoms with Crippen molar-refractivity contribution in [3.63, 3.8) is 0 Å². The predicted molar refractivity (Wildman–Crippen MR) is 111 cm³/mol. The number of amides is 1. The van der Waals surface area contributed by atoms with Gasteiger partial charge in [0.05, 0.1) is 23.4 Å². The molecular weight excluding hydrogens is 479 g/mol. The maximum Gasteiger partial charge on any atom is 0.344 e. The standard InChI is InChI=1S/C19H23IN2O6/c1-4-26-16-10-13(8-14(11-21)19(24)22-6-7-25-3)9-15(20)18(16)28-12-17(23)27-5-2/h8-10H,4-7,12H2,1-3H3,(H,22,24)/b14-8+. The van der Waals surface area contributed by atoms with Gasteiger partial charge in [-0.1, -0.05) is 0 Å². The van der Waals surface area contributed by atoms with Crippen LogP contribution in [0.15, 0.2) is 17.7 Å². The van der Waals surface area contributed by atoms with Crippen molar-refractivity contribution >= 4 is 40.5 Å². The van der Waals surface area contributed by atoms with Gasteiger partial charge in [-0.05, 0) is 60.2 Å². The van der Waals surface area contributed by atoms with E-state index in [0.717, 1.165) is 0 Å². The van der Waals surface area contributed by atoms with Crippen molar-refractivity contribution in [2.24, 2.45) is 0 Å². The molecule has 8 nitrogen and oxygen atoms in total. The summed E-state index contributed by atoms with van der Waals surface area (Å²) < 4.78 is 21.5. The molecule has 0 spiro atoms. The number of carbonyl (C=O) groups is 2. The maximum absolute atomic E-state index is 12.1. The number of benzene rings is 1. The van der Waals surface area contributed by atoms with Crippen LogP contribution in [-0.4, -0.2) is 52.0 Å². The molecule has 0 fully saturated rings. The van der Waals surface area contributed by atoms with Crippen LogP contribution in [0.5, 0.6) is 11.5 Å². The van der Waals surface area contributed by atoms with Crippen LogP contribution in [0.3, 0.4) is 0 Å². The van der Waals surface area contributed by atoms with Crippen LogP contribution in [-0.2, 0) is 19.1 Å². The Kier molecular flexibility index (Phi) is 11.0. The van der Waals surface area contributed by atoms with E-state index < -0.39 is 11.9 Å². The molecule has 1 amide bonds. The molecular formula is C19H23IN2O6. The SMILES string of the molecule is CCOC(=O)COc1c(I)cc(/C=C(\C#N)C(=O)NCCOC)cc1OCC. The normalized spacial score (nSPS) is 10.8. The molecule has 28 heavy (non-hydrogen) atoms. The van der Waals surface area contributed by atoms with E-state index in [4.69, 9.17) is 18.9 Å². The summed E-state index contributed by atoms with van der Waals surface area (Å²) in [5, 5.41) is 11.9. The highest BCUT2D eigenvalue weighted by Gasteiger charge is 2.15. The van der Waals surface area contributed by atoms with Crippen molar-refractivity contribution in [1.82, 2.24) is 5.32 Å². The molecule has 0 unspecified atom stereocenters. The summed E-state index contributed by atoms with van der Waals surface area (Å²) in [4.78, 5) is 23.6. The summed E-state index contributed by atoms with van der Waals surface area (Å²) in [5.74, 6) is -0.169. The van der Waals surface area contributed by atoms with Crippen LogP contribution >= 0.6 is 22.6 Å². The van der Waals surface area contributed by atoms with Gasteiger partial charge in [0.1, 0.15) is 11.6 Å². The van der Waals surface area contributed by atoms with Crippen LogP contribution in [0.2, 0.25) is 0 Å². The monoisotopic (exact) mass is 502 g/mol. The second-order valence-corrected chi connectivity index (χ2v) is 6.44. The van der Waals surface area contributed by atoms with Crippen molar-refractivity contribution in [2.75, 3.05) is 40.1 Å². The average Bonchev–Trinajstić information content (AvgIpc) is 2.66. The van der Waals surface area contributed by atoms with Crippen molar-refractivity contribution in [2.45, 2.75) is 13.8 Å². The Labute approximate surface area is 177 Å². The summed E-state index contributed by atoms with van der Waals surface area (Å²) in [6, 6.07) is 5.26. The molecule has 9 heteroatoms. The molecule has 0 saturated carbocycles. The van der Waals surface area contributed by atoms with Gasteiger partial charge < -0.3 is 24.3 Å². The number of nitrogens with zero attached hydrogens (tertiary/aromatic N) is 1. The first-order valence-electron chi connectivity index (χ1n) is 8.60. The van der Waals surface area contributed by atoms with Crippen LogP contribution in [0.25, 0.3) is 6.08 Å². The number of hydrogen-bond donors (Lipinski definition) is 1. The first-order chi connectivity index (χ1) is 13.5. The van der Waals surface area contributed by atoms with Gasteiger partial charge in [-0.25, -0.2) is 4.79 Å². The van der Waals surface area contributed by atoms with Crippen molar-refractivity contribution in [3.8, 4) is 17.6 Å². The molecule has 152 valence electrons. The number of esters is 1. The molecule has 0 aliphatic heterocycles. The van der Waals surface area contributed by atoms with Gasteiger partial charge in [0.15, 0.2) is 18.1 Å². The number of halogens is 1. The molecule has 1 rings (SSSR count). The molecule has 0 heterocycles. The van der Waals surface area contributed by atoms with Gasteiger partial charge in [-0.15, -0.1) is 0 Å². The molecule has 0 atom stereocenters. The van der Waals surface area contributed by atoms with E-state index >= 15 is 0 Å². The zero-order chi connectivity index (χ0) is 20.9. The number of carbonyl (C=O) groups excluding carboxylic acids is 2. The lowest BCUT2D eigenvalue weighted by Gasteiger charge is -2.14. The Morgan fingerprint density at radius 3 is 2.61 bits per heavy atom. The fraction of sp³-hybridized carbons (Fsp3) is 0.421. The van der Waals surface area contributed by atoms with Crippen molar-refractivity contribution in [3.05, 3.63) is 26.8 Å². The zero-order valence-corrected chi connectivity index (χ0v) is 18.2. The Bertz CT molecular complexity index is 758. The third kappa shape index (κ3) is 7.74. The second-order valence-electron chi connectivity index (χ2n) is 5.28. The van der Waals surface area contributed by atoms with Crippen LogP contribution < -0.4 is 14.8 Å². The summed E-state index contributed by atoms with van der Waals surface area (Å²) in [6.07, 6.45) is 1.46. The molecule has 1 aromatic carbocycles. The summed E-state index contributed by atoms with van der Waals surface area (Å²) in [6.45, 7) is 4.58. The number of ether oxygens (including phenoxy) is 4. The van der Waals surface area contributed by atoms with Crippen LogP contribution in [0, 0.1) is 14.9 Å². The number of hydrogen-bond acceptors (Lipinski definition) is 7. The lowest BCUT2D eigenvalue weighted by molar-refractivity contribution is -0.145. The highest BCUT2D eigenvalue weighted by molar-refractivity contribution is 14.1. The van der Waals surface area contributed by atoms with Crippen LogP contribution in [0.1, 0.15) is 19.4 Å². The minimum atomic E-state index is -0.491. The first-order valence-corrected chi connectivity index (χ1v) is 9.68. The molecule has 0 saturated heterocycles. The van der Waals surface area contributed by atoms with Gasteiger partial charge in [-0.2, -0.15) is 5.26 Å². The molecule has 0 aliphatic carbocycles. The van der Waals surface area contributed by atoms with Gasteiger partial charge in [-0.3, -0.25) is 4.79 Å². The third-order valence-electron chi connectivity index (χ3n) is 3.24. The summed E-state index contributed by atoms with van der Waals surface area (Å²) >= 11 is 2.04. The van der Waals surface area contributed by atoms with Gasteiger partial charge in [0.2, 0.25) is 0 Å². The fourth-order valence-electron chi connectivity index (χ4n) is 2.09. The van der Waals surface area contributed by atoms with E-state index in [9.17, 15) is 14.9 Å². The maximum atomic E-state index is 12.1. The highest BCUT2D eigenvalue weighted by Crippen LogP contribution is 2.35. The van der Waals surface area contributed by atoms with Crippen molar-refractivity contribution < 1.29 is 28.5 Å². The molecule has 0 aliphatic rings. The van der Waals surface area contributed by atoms with Gasteiger partial charge in [0, 0.05) is 13.7 Å². The number of rotatable bonds is 11. The summed E-state index contributed by atoms with van der Waals surface area (Å²) in [5.41, 5.74) is 0.546. The minimum Gasteiger partial charge on any atom is -0.490 e. The average molecular weight is 502 g/mol. The van der Waals surface area contributed by atoms with E-state index in [1.165, 1.54) is 13.2 Å².